The van der Waals surface area contributed by atoms with Crippen LogP contribution in [0.3, 0.4) is 0 Å². The molecule has 3 rings (SSSR count). The first kappa shape index (κ1) is 26.9. The Labute approximate surface area is 194 Å². The lowest BCUT2D eigenvalue weighted by molar-refractivity contribution is -0.137. The molecule has 16 heteroatoms. The van der Waals surface area contributed by atoms with Crippen molar-refractivity contribution >= 4 is 19.9 Å². The molecule has 0 radical (unpaired) electrons. The summed E-state index contributed by atoms with van der Waals surface area (Å²) in [4.78, 5) is -2.09. The van der Waals surface area contributed by atoms with E-state index >= 15 is 0 Å². The third-order valence-electron chi connectivity index (χ3n) is 5.40. The van der Waals surface area contributed by atoms with E-state index in [1.165, 1.54) is 6.07 Å². The topological polar surface area (TPSA) is 136 Å². The third kappa shape index (κ3) is 4.61. The number of benzene rings is 2. The Morgan fingerprint density at radius 3 is 2.14 bits per heavy atom. The van der Waals surface area contributed by atoms with Crippen LogP contribution in [-0.2, 0) is 26.0 Å². The van der Waals surface area contributed by atoms with Crippen molar-refractivity contribution in [3.05, 3.63) is 58.9 Å². The molecule has 0 amide bonds. The van der Waals surface area contributed by atoms with Crippen LogP contribution in [0.4, 0.5) is 26.3 Å². The van der Waals surface area contributed by atoms with Crippen molar-refractivity contribution in [1.82, 2.24) is 4.31 Å². The van der Waals surface area contributed by atoms with Crippen LogP contribution in [-0.4, -0.2) is 61.9 Å². The molecule has 8 nitrogen and oxygen atoms in total. The van der Waals surface area contributed by atoms with Crippen molar-refractivity contribution in [1.29, 1.82) is 5.26 Å². The maximum atomic E-state index is 13.6. The summed E-state index contributed by atoms with van der Waals surface area (Å²) in [6.45, 7) is -3.57. The predicted molar refractivity (Wildman–Crippen MR) is 104 cm³/mol. The second-order valence-electron chi connectivity index (χ2n) is 7.61. The summed E-state index contributed by atoms with van der Waals surface area (Å²) >= 11 is 0. The average Bonchev–Trinajstić information content (AvgIpc) is 3.15. The summed E-state index contributed by atoms with van der Waals surface area (Å²) in [7, 11) is -9.94. The number of β-amino-alcohol motifs (C(OH)–C–C–N with tert-alkyl or cyclic N) is 1. The standard InChI is InChI=1S/C19H14F6N2O6S2/c20-13-4-12(5-14(21)17(13)22)34(30,31)16-7-27(8-18(16,29)9-28)35(32,33)15-2-1-11(19(23,24)25)3-10(15)6-26/h1-5,16,28-29H,7-9H2/t16-,18+/m0/s1. The molecule has 0 aliphatic carbocycles. The van der Waals surface area contributed by atoms with E-state index in [0.29, 0.717) is 16.4 Å². The molecule has 35 heavy (non-hydrogen) atoms. The molecule has 0 aromatic heterocycles. The summed E-state index contributed by atoms with van der Waals surface area (Å²) in [5.74, 6) is -5.76. The van der Waals surface area contributed by atoms with Crippen LogP contribution in [0.5, 0.6) is 0 Å². The first-order valence-corrected chi connectivity index (χ1v) is 12.3. The normalized spacial score (nSPS) is 21.7. The van der Waals surface area contributed by atoms with Crippen molar-refractivity contribution < 1.29 is 53.4 Å². The molecule has 1 saturated heterocycles. The Hall–Kier alpha value is -2.71. The molecule has 2 N–H and O–H groups in total. The monoisotopic (exact) mass is 544 g/mol. The number of nitriles is 1. The van der Waals surface area contributed by atoms with Gasteiger partial charge in [-0.25, -0.2) is 30.0 Å². The van der Waals surface area contributed by atoms with Crippen LogP contribution in [0, 0.1) is 28.8 Å². The SMILES string of the molecule is N#Cc1cc(C(F)(F)F)ccc1S(=O)(=O)N1C[C@H](S(=O)(=O)c2cc(F)c(F)c(F)c2)[C@](O)(CO)C1. The van der Waals surface area contributed by atoms with Gasteiger partial charge in [-0.2, -0.15) is 22.7 Å². The molecule has 2 aromatic rings. The molecule has 0 saturated carbocycles. The van der Waals surface area contributed by atoms with Gasteiger partial charge in [0.2, 0.25) is 10.0 Å². The van der Waals surface area contributed by atoms with Gasteiger partial charge >= 0.3 is 6.18 Å². The maximum Gasteiger partial charge on any atom is 0.416 e. The lowest BCUT2D eigenvalue weighted by Crippen LogP contribution is -2.49. The fraction of sp³-hybridized carbons (Fsp3) is 0.316. The molecule has 190 valence electrons. The first-order chi connectivity index (χ1) is 16.0. The van der Waals surface area contributed by atoms with E-state index < -0.39 is 95.0 Å². The second-order valence-corrected chi connectivity index (χ2v) is 11.7. The Morgan fingerprint density at radius 1 is 1.09 bits per heavy atom. The van der Waals surface area contributed by atoms with Crippen LogP contribution in [0.15, 0.2) is 40.1 Å². The number of sulfone groups is 1. The molecule has 1 aliphatic heterocycles. The van der Waals surface area contributed by atoms with E-state index in [1.54, 1.807) is 0 Å². The summed E-state index contributed by atoms with van der Waals surface area (Å²) < 4.78 is 132. The minimum atomic E-state index is -5.01. The molecule has 0 unspecified atom stereocenters. The first-order valence-electron chi connectivity index (χ1n) is 9.32. The van der Waals surface area contributed by atoms with Crippen LogP contribution in [0.25, 0.3) is 0 Å². The average molecular weight is 544 g/mol. The van der Waals surface area contributed by atoms with Crippen molar-refractivity contribution in [2.24, 2.45) is 0 Å². The Bertz CT molecular complexity index is 1420. The summed E-state index contributed by atoms with van der Waals surface area (Å²) in [6.07, 6.45) is -4.91. The number of aliphatic hydroxyl groups is 2. The highest BCUT2D eigenvalue weighted by atomic mass is 32.2. The maximum absolute atomic E-state index is 13.6. The molecule has 2 aromatic carbocycles. The van der Waals surface area contributed by atoms with Gasteiger partial charge in [0, 0.05) is 13.1 Å². The van der Waals surface area contributed by atoms with E-state index in [9.17, 15) is 58.7 Å². The van der Waals surface area contributed by atoms with Crippen LogP contribution in [0.1, 0.15) is 11.1 Å². The van der Waals surface area contributed by atoms with Crippen molar-refractivity contribution in [3.63, 3.8) is 0 Å². The lowest BCUT2D eigenvalue weighted by Gasteiger charge is -2.26. The summed E-state index contributed by atoms with van der Waals surface area (Å²) in [6, 6.07) is 2.62. The molecule has 2 atom stereocenters. The zero-order valence-corrected chi connectivity index (χ0v) is 18.7. The number of sulfonamides is 1. The zero-order chi connectivity index (χ0) is 26.6. The fourth-order valence-electron chi connectivity index (χ4n) is 3.57. The number of halogens is 6. The van der Waals surface area contributed by atoms with Crippen molar-refractivity contribution in [3.8, 4) is 6.07 Å². The van der Waals surface area contributed by atoms with Crippen LogP contribution < -0.4 is 0 Å². The molecule has 1 aliphatic rings. The van der Waals surface area contributed by atoms with Gasteiger partial charge in [0.05, 0.1) is 27.5 Å². The Kier molecular flexibility index (Phi) is 6.72. The van der Waals surface area contributed by atoms with Gasteiger partial charge in [-0.1, -0.05) is 0 Å². The number of alkyl halides is 3. The zero-order valence-electron chi connectivity index (χ0n) is 17.1. The van der Waals surface area contributed by atoms with E-state index in [1.807, 2.05) is 0 Å². The predicted octanol–water partition coefficient (Wildman–Crippen LogP) is 1.56. The molecular formula is C19H14F6N2O6S2. The molecule has 0 bridgehead atoms. The van der Waals surface area contributed by atoms with E-state index in [2.05, 4.69) is 0 Å². The third-order valence-corrected chi connectivity index (χ3v) is 9.50. The van der Waals surface area contributed by atoms with Gasteiger partial charge in [-0.3, -0.25) is 0 Å². The number of hydrogen-bond donors (Lipinski definition) is 2. The van der Waals surface area contributed by atoms with Gasteiger partial charge < -0.3 is 10.2 Å². The quantitative estimate of drug-likeness (QED) is 0.331. The van der Waals surface area contributed by atoms with E-state index in [-0.39, 0.29) is 18.2 Å². The highest BCUT2D eigenvalue weighted by molar-refractivity contribution is 7.92. The van der Waals surface area contributed by atoms with Crippen molar-refractivity contribution in [2.45, 2.75) is 26.8 Å². The largest absolute Gasteiger partial charge is 0.416 e. The summed E-state index contributed by atoms with van der Waals surface area (Å²) in [5, 5.41) is 27.3. The highest BCUT2D eigenvalue weighted by Crippen LogP contribution is 2.37. The Balaban J connectivity index is 2.08. The van der Waals surface area contributed by atoms with Crippen LogP contribution in [0.2, 0.25) is 0 Å². The van der Waals surface area contributed by atoms with Gasteiger partial charge in [0.25, 0.3) is 0 Å². The van der Waals surface area contributed by atoms with Gasteiger partial charge in [0.1, 0.15) is 16.9 Å². The summed E-state index contributed by atoms with van der Waals surface area (Å²) in [5.41, 5.74) is -4.99. The number of aliphatic hydroxyl groups excluding tert-OH is 1. The highest BCUT2D eigenvalue weighted by Gasteiger charge is 2.55. The molecule has 1 heterocycles. The van der Waals surface area contributed by atoms with Crippen molar-refractivity contribution in [2.75, 3.05) is 19.7 Å². The molecular weight excluding hydrogens is 530 g/mol. The van der Waals surface area contributed by atoms with E-state index in [4.69, 9.17) is 0 Å². The smallest absolute Gasteiger partial charge is 0.393 e. The van der Waals surface area contributed by atoms with E-state index in [0.717, 1.165) is 0 Å². The van der Waals surface area contributed by atoms with Gasteiger partial charge in [0.15, 0.2) is 27.3 Å². The Morgan fingerprint density at radius 2 is 1.66 bits per heavy atom. The number of hydrogen-bond acceptors (Lipinski definition) is 7. The molecule has 1 fully saturated rings. The number of rotatable bonds is 5. The van der Waals surface area contributed by atoms with Gasteiger partial charge in [-0.15, -0.1) is 0 Å². The van der Waals surface area contributed by atoms with Gasteiger partial charge in [-0.05, 0) is 30.3 Å². The minimum absolute atomic E-state index is 0.104. The minimum Gasteiger partial charge on any atom is -0.393 e. The molecule has 0 spiro atoms. The number of nitrogens with zero attached hydrogens (tertiary/aromatic N) is 2. The lowest BCUT2D eigenvalue weighted by atomic mass is 10.1. The van der Waals surface area contributed by atoms with Crippen LogP contribution >= 0.6 is 0 Å². The fourth-order valence-corrected chi connectivity index (χ4v) is 7.27. The second kappa shape index (κ2) is 8.75.